The van der Waals surface area contributed by atoms with E-state index in [1.54, 1.807) is 0 Å². The number of amides is 1. The molecule has 2 saturated heterocycles. The van der Waals surface area contributed by atoms with Crippen molar-refractivity contribution in [2.75, 3.05) is 31.9 Å². The summed E-state index contributed by atoms with van der Waals surface area (Å²) in [7, 11) is 0. The van der Waals surface area contributed by atoms with Crippen molar-refractivity contribution >= 4 is 17.7 Å². The number of rotatable bonds is 1. The molecule has 2 aliphatic rings. The van der Waals surface area contributed by atoms with Crippen molar-refractivity contribution in [3.05, 3.63) is 18.1 Å². The highest BCUT2D eigenvalue weighted by atomic mass is 19.4. The predicted octanol–water partition coefficient (Wildman–Crippen LogP) is 1.30. The van der Waals surface area contributed by atoms with E-state index in [1.165, 1.54) is 25.2 Å². The van der Waals surface area contributed by atoms with Gasteiger partial charge in [-0.1, -0.05) is 0 Å². The van der Waals surface area contributed by atoms with Crippen LogP contribution in [0.25, 0.3) is 0 Å². The summed E-state index contributed by atoms with van der Waals surface area (Å²) in [6.07, 6.45) is 2.57. The third kappa shape index (κ3) is 5.52. The van der Waals surface area contributed by atoms with Crippen LogP contribution in [0.2, 0.25) is 0 Å². The SMILES string of the molecule is Nc1nccnc1C(=O)N1CCC2(CCCNC2)CC1.O=C(O)C(F)(F)F. The standard InChI is InChI=1S/C14H21N5O.C2HF3O2/c15-12-11(17-6-7-18-12)13(20)19-8-3-14(4-9-19)2-1-5-16-10-14;3-2(4,5)1(6)7/h6-7,16H,1-5,8-10H2,(H2,15,18);(H,6,7). The Morgan fingerprint density at radius 2 is 1.78 bits per heavy atom. The highest BCUT2D eigenvalue weighted by molar-refractivity contribution is 5.96. The Morgan fingerprint density at radius 3 is 2.26 bits per heavy atom. The number of carboxylic acid groups (broad SMARTS) is 1. The lowest BCUT2D eigenvalue weighted by Gasteiger charge is -2.44. The number of piperidine rings is 2. The minimum Gasteiger partial charge on any atom is -0.475 e. The first kappa shape index (κ1) is 20.9. The van der Waals surface area contributed by atoms with Gasteiger partial charge in [0.2, 0.25) is 0 Å². The van der Waals surface area contributed by atoms with Crippen LogP contribution in [0.4, 0.5) is 19.0 Å². The van der Waals surface area contributed by atoms with E-state index in [9.17, 15) is 18.0 Å². The maximum atomic E-state index is 12.4. The molecule has 1 aromatic rings. The Balaban J connectivity index is 0.000000321. The number of aliphatic carboxylic acids is 1. The van der Waals surface area contributed by atoms with E-state index >= 15 is 0 Å². The maximum absolute atomic E-state index is 12.4. The molecule has 2 aliphatic heterocycles. The highest BCUT2D eigenvalue weighted by Crippen LogP contribution is 2.37. The monoisotopic (exact) mass is 389 g/mol. The second-order valence-electron chi connectivity index (χ2n) is 6.67. The molecule has 0 radical (unpaired) electrons. The molecule has 0 atom stereocenters. The van der Waals surface area contributed by atoms with Crippen molar-refractivity contribution < 1.29 is 27.9 Å². The summed E-state index contributed by atoms with van der Waals surface area (Å²) in [5, 5.41) is 10.6. The van der Waals surface area contributed by atoms with E-state index < -0.39 is 12.1 Å². The maximum Gasteiger partial charge on any atom is 0.490 e. The van der Waals surface area contributed by atoms with Gasteiger partial charge in [-0.3, -0.25) is 4.79 Å². The molecule has 1 aromatic heterocycles. The van der Waals surface area contributed by atoms with E-state index in [0.717, 1.165) is 39.0 Å². The van der Waals surface area contributed by atoms with Crippen LogP contribution in [0.15, 0.2) is 12.4 Å². The zero-order valence-corrected chi connectivity index (χ0v) is 14.6. The summed E-state index contributed by atoms with van der Waals surface area (Å²) < 4.78 is 31.7. The second-order valence-corrected chi connectivity index (χ2v) is 6.67. The minimum atomic E-state index is -5.08. The molecule has 27 heavy (non-hydrogen) atoms. The molecule has 0 aromatic carbocycles. The molecule has 1 amide bonds. The van der Waals surface area contributed by atoms with Crippen LogP contribution in [0.5, 0.6) is 0 Å². The zero-order valence-electron chi connectivity index (χ0n) is 14.6. The zero-order chi connectivity index (χ0) is 20.1. The number of hydrogen-bond acceptors (Lipinski definition) is 6. The molecule has 3 rings (SSSR count). The van der Waals surface area contributed by atoms with Gasteiger partial charge in [0.15, 0.2) is 11.5 Å². The van der Waals surface area contributed by atoms with Crippen molar-refractivity contribution in [1.82, 2.24) is 20.2 Å². The van der Waals surface area contributed by atoms with Gasteiger partial charge in [0.25, 0.3) is 5.91 Å². The lowest BCUT2D eigenvalue weighted by molar-refractivity contribution is -0.192. The normalized spacial score (nSPS) is 19.1. The van der Waals surface area contributed by atoms with E-state index in [1.807, 2.05) is 4.90 Å². The summed E-state index contributed by atoms with van der Waals surface area (Å²) in [6, 6.07) is 0. The van der Waals surface area contributed by atoms with E-state index in [0.29, 0.717) is 5.41 Å². The van der Waals surface area contributed by atoms with Crippen molar-refractivity contribution in [2.45, 2.75) is 31.9 Å². The predicted molar refractivity (Wildman–Crippen MR) is 89.8 cm³/mol. The molecule has 0 unspecified atom stereocenters. The average Bonchev–Trinajstić information content (AvgIpc) is 2.63. The molecule has 8 nitrogen and oxygen atoms in total. The number of hydrogen-bond donors (Lipinski definition) is 3. The van der Waals surface area contributed by atoms with Gasteiger partial charge in [-0.15, -0.1) is 0 Å². The Kier molecular flexibility index (Phi) is 6.58. The van der Waals surface area contributed by atoms with Crippen molar-refractivity contribution in [3.8, 4) is 0 Å². The minimum absolute atomic E-state index is 0.0887. The fraction of sp³-hybridized carbons (Fsp3) is 0.625. The Hall–Kier alpha value is -2.43. The number of anilines is 1. The van der Waals surface area contributed by atoms with Crippen LogP contribution in [0.1, 0.15) is 36.2 Å². The van der Waals surface area contributed by atoms with E-state index in [2.05, 4.69) is 15.3 Å². The van der Waals surface area contributed by atoms with Gasteiger partial charge in [0, 0.05) is 32.0 Å². The fourth-order valence-corrected chi connectivity index (χ4v) is 3.30. The molecule has 11 heteroatoms. The number of halogens is 3. The number of carbonyl (C=O) groups is 2. The molecule has 0 saturated carbocycles. The van der Waals surface area contributed by atoms with Gasteiger partial charge >= 0.3 is 12.1 Å². The molecule has 150 valence electrons. The van der Waals surface area contributed by atoms with Gasteiger partial charge < -0.3 is 21.1 Å². The van der Waals surface area contributed by atoms with Crippen LogP contribution in [-0.2, 0) is 4.79 Å². The summed E-state index contributed by atoms with van der Waals surface area (Å²) in [5.41, 5.74) is 6.41. The van der Waals surface area contributed by atoms with Crippen LogP contribution >= 0.6 is 0 Å². The van der Waals surface area contributed by atoms with Gasteiger partial charge in [0.1, 0.15) is 0 Å². The number of carboxylic acids is 1. The number of likely N-dealkylation sites (tertiary alicyclic amines) is 1. The third-order valence-corrected chi connectivity index (χ3v) is 4.84. The largest absolute Gasteiger partial charge is 0.490 e. The molecule has 3 heterocycles. The first-order valence-corrected chi connectivity index (χ1v) is 8.51. The van der Waals surface area contributed by atoms with Gasteiger partial charge in [-0.25, -0.2) is 14.8 Å². The van der Waals surface area contributed by atoms with Crippen molar-refractivity contribution in [2.24, 2.45) is 5.41 Å². The van der Waals surface area contributed by atoms with E-state index in [-0.39, 0.29) is 17.4 Å². The quantitative estimate of drug-likeness (QED) is 0.662. The first-order valence-electron chi connectivity index (χ1n) is 8.51. The lowest BCUT2D eigenvalue weighted by atomic mass is 9.73. The number of alkyl halides is 3. The number of nitrogens with zero attached hydrogens (tertiary/aromatic N) is 3. The van der Waals surface area contributed by atoms with Gasteiger partial charge in [-0.2, -0.15) is 13.2 Å². The van der Waals surface area contributed by atoms with Crippen LogP contribution in [0, 0.1) is 5.41 Å². The molecule has 2 fully saturated rings. The fourth-order valence-electron chi connectivity index (χ4n) is 3.30. The van der Waals surface area contributed by atoms with Crippen molar-refractivity contribution in [1.29, 1.82) is 0 Å². The topological polar surface area (TPSA) is 121 Å². The second kappa shape index (κ2) is 8.51. The molecule has 1 spiro atoms. The Morgan fingerprint density at radius 1 is 1.19 bits per heavy atom. The summed E-state index contributed by atoms with van der Waals surface area (Å²) in [5.74, 6) is -2.63. The van der Waals surface area contributed by atoms with Crippen LogP contribution in [-0.4, -0.2) is 64.2 Å². The summed E-state index contributed by atoms with van der Waals surface area (Å²) >= 11 is 0. The number of aromatic nitrogens is 2. The number of nitrogens with two attached hydrogens (primary N) is 1. The molecule has 4 N–H and O–H groups in total. The smallest absolute Gasteiger partial charge is 0.475 e. The number of nitrogen functional groups attached to an aromatic ring is 1. The van der Waals surface area contributed by atoms with Gasteiger partial charge in [-0.05, 0) is 37.6 Å². The molecular formula is C16H22F3N5O3. The van der Waals surface area contributed by atoms with Crippen molar-refractivity contribution in [3.63, 3.8) is 0 Å². The first-order chi connectivity index (χ1) is 12.6. The molecular weight excluding hydrogens is 367 g/mol. The van der Waals surface area contributed by atoms with E-state index in [4.69, 9.17) is 15.6 Å². The third-order valence-electron chi connectivity index (χ3n) is 4.84. The van der Waals surface area contributed by atoms with Crippen LogP contribution < -0.4 is 11.1 Å². The highest BCUT2D eigenvalue weighted by Gasteiger charge is 2.38. The number of carbonyl (C=O) groups excluding carboxylic acids is 1. The molecule has 0 bridgehead atoms. The van der Waals surface area contributed by atoms with Gasteiger partial charge in [0.05, 0.1) is 0 Å². The summed E-state index contributed by atoms with van der Waals surface area (Å²) in [6.45, 7) is 3.79. The van der Waals surface area contributed by atoms with Crippen LogP contribution in [0.3, 0.4) is 0 Å². The average molecular weight is 389 g/mol. The molecule has 0 aliphatic carbocycles. The summed E-state index contributed by atoms with van der Waals surface area (Å²) in [4.78, 5) is 31.2. The number of nitrogens with one attached hydrogen (secondary N) is 1. The lowest BCUT2D eigenvalue weighted by Crippen LogP contribution is -2.49. The Labute approximate surface area is 154 Å². The Bertz CT molecular complexity index is 668.